The average Bonchev–Trinajstić information content (AvgIpc) is 2.03. The van der Waals surface area contributed by atoms with E-state index in [-0.39, 0.29) is 11.7 Å². The van der Waals surface area contributed by atoms with Crippen LogP contribution in [0.4, 0.5) is 4.39 Å². The number of terminal acetylenes is 1. The predicted molar refractivity (Wildman–Crippen MR) is 48.4 cm³/mol. The maximum atomic E-state index is 13.1. The molecule has 0 fully saturated rings. The van der Waals surface area contributed by atoms with Gasteiger partial charge in [0.2, 0.25) is 0 Å². The molecule has 0 bridgehead atoms. The van der Waals surface area contributed by atoms with Crippen molar-refractivity contribution in [3.05, 3.63) is 35.1 Å². The van der Waals surface area contributed by atoms with Crippen LogP contribution in [0.5, 0.6) is 0 Å². The number of hydrogen-bond acceptors (Lipinski definition) is 0. The van der Waals surface area contributed by atoms with Crippen LogP contribution in [-0.4, -0.2) is 0 Å². The molecular weight excluding hydrogens is 151 g/mol. The standard InChI is InChI=1S/C11H11F/c1-4-9-10(8(2)3)6-5-7-11(9)12/h1,5-8H,2-3H3. The minimum Gasteiger partial charge on any atom is -0.206 e. The molecule has 0 atom stereocenters. The molecule has 0 saturated carbocycles. The summed E-state index contributed by atoms with van der Waals surface area (Å²) in [6.07, 6.45) is 5.20. The van der Waals surface area contributed by atoms with Crippen LogP contribution in [0.25, 0.3) is 0 Å². The Bertz CT molecular complexity index is 318. The number of hydrogen-bond donors (Lipinski definition) is 0. The first-order valence-electron chi connectivity index (χ1n) is 3.92. The first-order valence-corrected chi connectivity index (χ1v) is 3.92. The molecule has 0 aliphatic rings. The number of rotatable bonds is 1. The normalized spacial score (nSPS) is 9.92. The van der Waals surface area contributed by atoms with Gasteiger partial charge in [0, 0.05) is 0 Å². The first kappa shape index (κ1) is 8.80. The minimum atomic E-state index is -0.302. The summed E-state index contributed by atoms with van der Waals surface area (Å²) in [5.74, 6) is 2.34. The Labute approximate surface area is 72.4 Å². The van der Waals surface area contributed by atoms with Crippen molar-refractivity contribution in [2.24, 2.45) is 0 Å². The second kappa shape index (κ2) is 3.40. The van der Waals surface area contributed by atoms with Crippen molar-refractivity contribution in [3.63, 3.8) is 0 Å². The van der Waals surface area contributed by atoms with Crippen LogP contribution in [0.3, 0.4) is 0 Å². The summed E-state index contributed by atoms with van der Waals surface area (Å²) >= 11 is 0. The Morgan fingerprint density at radius 3 is 2.50 bits per heavy atom. The highest BCUT2D eigenvalue weighted by atomic mass is 19.1. The Morgan fingerprint density at radius 1 is 1.42 bits per heavy atom. The van der Waals surface area contributed by atoms with Gasteiger partial charge < -0.3 is 0 Å². The highest BCUT2D eigenvalue weighted by Crippen LogP contribution is 2.20. The summed E-state index contributed by atoms with van der Waals surface area (Å²) in [5, 5.41) is 0. The molecule has 0 radical (unpaired) electrons. The lowest BCUT2D eigenvalue weighted by molar-refractivity contribution is 0.619. The van der Waals surface area contributed by atoms with E-state index in [0.29, 0.717) is 5.56 Å². The number of benzene rings is 1. The zero-order valence-corrected chi connectivity index (χ0v) is 7.26. The van der Waals surface area contributed by atoms with Gasteiger partial charge in [-0.3, -0.25) is 0 Å². The van der Waals surface area contributed by atoms with Gasteiger partial charge in [0.25, 0.3) is 0 Å². The quantitative estimate of drug-likeness (QED) is 0.557. The topological polar surface area (TPSA) is 0 Å². The summed E-state index contributed by atoms with van der Waals surface area (Å²) in [6.45, 7) is 3.99. The minimum absolute atomic E-state index is 0.270. The fourth-order valence-corrected chi connectivity index (χ4v) is 1.17. The Kier molecular flexibility index (Phi) is 2.50. The molecule has 0 saturated heterocycles. The third kappa shape index (κ3) is 1.48. The first-order chi connectivity index (χ1) is 5.66. The molecule has 1 heteroatoms. The van der Waals surface area contributed by atoms with E-state index in [0.717, 1.165) is 5.56 Å². The van der Waals surface area contributed by atoms with Crippen molar-refractivity contribution < 1.29 is 4.39 Å². The molecule has 1 aromatic rings. The molecule has 0 aliphatic heterocycles. The molecule has 1 aromatic carbocycles. The van der Waals surface area contributed by atoms with E-state index < -0.39 is 0 Å². The van der Waals surface area contributed by atoms with E-state index in [9.17, 15) is 4.39 Å². The summed E-state index contributed by atoms with van der Waals surface area (Å²) in [7, 11) is 0. The predicted octanol–water partition coefficient (Wildman–Crippen LogP) is 2.93. The molecule has 0 N–H and O–H groups in total. The Balaban J connectivity index is 3.30. The lowest BCUT2D eigenvalue weighted by Gasteiger charge is -2.08. The van der Waals surface area contributed by atoms with Crippen LogP contribution in [0.15, 0.2) is 18.2 Å². The van der Waals surface area contributed by atoms with Crippen LogP contribution in [0.1, 0.15) is 30.9 Å². The van der Waals surface area contributed by atoms with E-state index in [1.54, 1.807) is 6.07 Å². The van der Waals surface area contributed by atoms with Gasteiger partial charge in [-0.2, -0.15) is 0 Å². The van der Waals surface area contributed by atoms with Gasteiger partial charge in [0.15, 0.2) is 0 Å². The van der Waals surface area contributed by atoms with Crippen LogP contribution >= 0.6 is 0 Å². The van der Waals surface area contributed by atoms with Crippen molar-refractivity contribution in [1.82, 2.24) is 0 Å². The maximum Gasteiger partial charge on any atom is 0.139 e. The monoisotopic (exact) mass is 162 g/mol. The van der Waals surface area contributed by atoms with E-state index >= 15 is 0 Å². The molecule has 12 heavy (non-hydrogen) atoms. The third-order valence-corrected chi connectivity index (χ3v) is 1.81. The molecule has 1 rings (SSSR count). The Hall–Kier alpha value is -1.29. The molecule has 0 amide bonds. The molecular formula is C11H11F. The fraction of sp³-hybridized carbons (Fsp3) is 0.273. The van der Waals surface area contributed by atoms with Crippen molar-refractivity contribution in [3.8, 4) is 12.3 Å². The van der Waals surface area contributed by atoms with Gasteiger partial charge in [-0.15, -0.1) is 6.42 Å². The second-order valence-corrected chi connectivity index (χ2v) is 3.00. The van der Waals surface area contributed by atoms with Gasteiger partial charge in [-0.25, -0.2) is 4.39 Å². The molecule has 0 unspecified atom stereocenters. The van der Waals surface area contributed by atoms with E-state index in [1.165, 1.54) is 6.07 Å². The zero-order chi connectivity index (χ0) is 9.14. The summed E-state index contributed by atoms with van der Waals surface area (Å²) < 4.78 is 13.1. The van der Waals surface area contributed by atoms with Gasteiger partial charge in [-0.05, 0) is 17.5 Å². The summed E-state index contributed by atoms with van der Waals surface area (Å²) in [5.41, 5.74) is 1.30. The fourth-order valence-electron chi connectivity index (χ4n) is 1.17. The van der Waals surface area contributed by atoms with Crippen molar-refractivity contribution in [2.75, 3.05) is 0 Å². The largest absolute Gasteiger partial charge is 0.206 e. The molecule has 0 aromatic heterocycles. The average molecular weight is 162 g/mol. The molecule has 0 spiro atoms. The SMILES string of the molecule is C#Cc1c(F)cccc1C(C)C. The molecule has 0 heterocycles. The summed E-state index contributed by atoms with van der Waals surface area (Å²) in [6, 6.07) is 4.94. The maximum absolute atomic E-state index is 13.1. The second-order valence-electron chi connectivity index (χ2n) is 3.00. The van der Waals surface area contributed by atoms with Gasteiger partial charge >= 0.3 is 0 Å². The molecule has 0 aliphatic carbocycles. The van der Waals surface area contributed by atoms with E-state index in [2.05, 4.69) is 5.92 Å². The zero-order valence-electron chi connectivity index (χ0n) is 7.26. The highest BCUT2D eigenvalue weighted by Gasteiger charge is 2.07. The van der Waals surface area contributed by atoms with Crippen molar-refractivity contribution in [1.29, 1.82) is 0 Å². The smallest absolute Gasteiger partial charge is 0.139 e. The number of halogens is 1. The molecule has 0 nitrogen and oxygen atoms in total. The van der Waals surface area contributed by atoms with Crippen molar-refractivity contribution in [2.45, 2.75) is 19.8 Å². The summed E-state index contributed by atoms with van der Waals surface area (Å²) in [4.78, 5) is 0. The Morgan fingerprint density at radius 2 is 2.08 bits per heavy atom. The van der Waals surface area contributed by atoms with Crippen LogP contribution in [0, 0.1) is 18.2 Å². The van der Waals surface area contributed by atoms with Crippen molar-refractivity contribution >= 4 is 0 Å². The lowest BCUT2D eigenvalue weighted by atomic mass is 9.97. The van der Waals surface area contributed by atoms with Gasteiger partial charge in [0.05, 0.1) is 5.56 Å². The van der Waals surface area contributed by atoms with Gasteiger partial charge in [-0.1, -0.05) is 31.9 Å². The van der Waals surface area contributed by atoms with Gasteiger partial charge in [0.1, 0.15) is 5.82 Å². The van der Waals surface area contributed by atoms with Crippen LogP contribution in [0.2, 0.25) is 0 Å². The molecule has 62 valence electrons. The van der Waals surface area contributed by atoms with E-state index in [1.807, 2.05) is 19.9 Å². The third-order valence-electron chi connectivity index (χ3n) is 1.81. The van der Waals surface area contributed by atoms with E-state index in [4.69, 9.17) is 6.42 Å². The van der Waals surface area contributed by atoms with Crippen LogP contribution in [-0.2, 0) is 0 Å². The highest BCUT2D eigenvalue weighted by molar-refractivity contribution is 5.42. The van der Waals surface area contributed by atoms with Crippen LogP contribution < -0.4 is 0 Å². The lowest BCUT2D eigenvalue weighted by Crippen LogP contribution is -1.95.